The third kappa shape index (κ3) is 2.81. The second kappa shape index (κ2) is 6.06. The van der Waals surface area contributed by atoms with Crippen LogP contribution < -0.4 is 0 Å². The lowest BCUT2D eigenvalue weighted by Crippen LogP contribution is -2.34. The number of hydrogen-bond acceptors (Lipinski definition) is 4. The van der Waals surface area contributed by atoms with Crippen LogP contribution in [0, 0.1) is 0 Å². The Morgan fingerprint density at radius 3 is 2.75 bits per heavy atom. The molecule has 1 aromatic heterocycles. The second-order valence-corrected chi connectivity index (χ2v) is 7.33. The molecule has 0 aromatic carbocycles. The normalized spacial score (nSPS) is 23.7. The highest BCUT2D eigenvalue weighted by Crippen LogP contribution is 2.51. The van der Waals surface area contributed by atoms with Gasteiger partial charge in [-0.3, -0.25) is 4.79 Å². The predicted octanol–water partition coefficient (Wildman–Crippen LogP) is 4.10. The van der Waals surface area contributed by atoms with E-state index in [1.54, 1.807) is 11.8 Å². The fraction of sp³-hybridized carbons (Fsp3) is 0.625. The summed E-state index contributed by atoms with van der Waals surface area (Å²) in [4.78, 5) is 26.7. The summed E-state index contributed by atoms with van der Waals surface area (Å²) in [7, 11) is 0. The van der Waals surface area contributed by atoms with Crippen molar-refractivity contribution in [3.63, 3.8) is 0 Å². The SMILES string of the molecule is CCOC(=O)N1CCc2sc3c(c2C(C)C1)C(=O)CC3C(F)(F)F. The van der Waals surface area contributed by atoms with Crippen molar-refractivity contribution in [2.24, 2.45) is 0 Å². The molecule has 0 fully saturated rings. The van der Waals surface area contributed by atoms with Crippen molar-refractivity contribution >= 4 is 23.2 Å². The number of ether oxygens (including phenoxy) is 1. The quantitative estimate of drug-likeness (QED) is 0.757. The molecule has 0 saturated heterocycles. The number of carbonyl (C=O) groups excluding carboxylic acids is 2. The largest absolute Gasteiger partial charge is 0.450 e. The number of thiophene rings is 1. The molecule has 0 spiro atoms. The lowest BCUT2D eigenvalue weighted by atomic mass is 9.95. The maximum atomic E-state index is 13.2. The van der Waals surface area contributed by atoms with E-state index in [0.29, 0.717) is 25.1 Å². The van der Waals surface area contributed by atoms with Crippen LogP contribution in [0.2, 0.25) is 0 Å². The van der Waals surface area contributed by atoms with Crippen LogP contribution in [0.15, 0.2) is 0 Å². The zero-order valence-corrected chi connectivity index (χ0v) is 14.2. The fourth-order valence-corrected chi connectivity index (χ4v) is 5.08. The van der Waals surface area contributed by atoms with E-state index in [4.69, 9.17) is 4.74 Å². The number of ketones is 1. The predicted molar refractivity (Wildman–Crippen MR) is 82.8 cm³/mol. The molecule has 1 aliphatic heterocycles. The number of fused-ring (bicyclic) bond motifs is 3. The first-order chi connectivity index (χ1) is 11.2. The molecule has 132 valence electrons. The summed E-state index contributed by atoms with van der Waals surface area (Å²) in [5, 5.41) is 0. The molecule has 1 aliphatic carbocycles. The first kappa shape index (κ1) is 17.3. The molecule has 1 aromatic rings. The van der Waals surface area contributed by atoms with Gasteiger partial charge in [-0.2, -0.15) is 13.2 Å². The van der Waals surface area contributed by atoms with Gasteiger partial charge < -0.3 is 9.64 Å². The molecule has 0 bridgehead atoms. The molecule has 24 heavy (non-hydrogen) atoms. The zero-order valence-electron chi connectivity index (χ0n) is 13.4. The molecule has 2 unspecified atom stereocenters. The van der Waals surface area contributed by atoms with Crippen LogP contribution in [0.25, 0.3) is 0 Å². The van der Waals surface area contributed by atoms with Gasteiger partial charge in [0.2, 0.25) is 0 Å². The van der Waals surface area contributed by atoms with Gasteiger partial charge in [-0.15, -0.1) is 11.3 Å². The van der Waals surface area contributed by atoms with Crippen LogP contribution in [0.5, 0.6) is 0 Å². The van der Waals surface area contributed by atoms with Crippen molar-refractivity contribution < 1.29 is 27.5 Å². The third-order valence-corrected chi connectivity index (χ3v) is 5.93. The second-order valence-electron chi connectivity index (χ2n) is 6.20. The topological polar surface area (TPSA) is 46.6 Å². The molecule has 2 aliphatic rings. The number of halogens is 3. The number of amides is 1. The van der Waals surface area contributed by atoms with Crippen LogP contribution in [-0.4, -0.2) is 42.6 Å². The lowest BCUT2D eigenvalue weighted by Gasteiger charge is -2.22. The first-order valence-electron chi connectivity index (χ1n) is 7.91. The summed E-state index contributed by atoms with van der Waals surface area (Å²) in [6, 6.07) is 0. The highest BCUT2D eigenvalue weighted by Gasteiger charge is 2.50. The number of Topliss-reactive ketones (excluding diaryl/α,β-unsaturated/α-hetero) is 1. The summed E-state index contributed by atoms with van der Waals surface area (Å²) < 4.78 is 44.6. The van der Waals surface area contributed by atoms with Crippen molar-refractivity contribution in [2.45, 2.75) is 44.7 Å². The molecule has 0 saturated carbocycles. The zero-order chi connectivity index (χ0) is 17.6. The Labute approximate surface area is 141 Å². The molecule has 3 rings (SSSR count). The van der Waals surface area contributed by atoms with Crippen molar-refractivity contribution in [1.29, 1.82) is 0 Å². The molecule has 0 N–H and O–H groups in total. The Morgan fingerprint density at radius 1 is 1.42 bits per heavy atom. The molecular weight excluding hydrogens is 343 g/mol. The van der Waals surface area contributed by atoms with E-state index < -0.39 is 30.4 Å². The summed E-state index contributed by atoms with van der Waals surface area (Å²) >= 11 is 1.09. The molecule has 0 radical (unpaired) electrons. The molecular formula is C16H18F3NO3S. The lowest BCUT2D eigenvalue weighted by molar-refractivity contribution is -0.147. The summed E-state index contributed by atoms with van der Waals surface area (Å²) in [6.07, 6.45) is -4.86. The number of hydrogen-bond donors (Lipinski definition) is 0. The maximum absolute atomic E-state index is 13.2. The summed E-state index contributed by atoms with van der Waals surface area (Å²) in [6.45, 7) is 4.57. The van der Waals surface area contributed by atoms with Gasteiger partial charge in [0.15, 0.2) is 5.78 Å². The van der Waals surface area contributed by atoms with Crippen molar-refractivity contribution in [3.05, 3.63) is 20.9 Å². The van der Waals surface area contributed by atoms with Gasteiger partial charge in [0.05, 0.1) is 12.5 Å². The highest BCUT2D eigenvalue weighted by molar-refractivity contribution is 7.12. The van der Waals surface area contributed by atoms with Crippen LogP contribution in [0.4, 0.5) is 18.0 Å². The minimum absolute atomic E-state index is 0.161. The highest BCUT2D eigenvalue weighted by atomic mass is 32.1. The number of carbonyl (C=O) groups is 2. The minimum Gasteiger partial charge on any atom is -0.450 e. The van der Waals surface area contributed by atoms with E-state index in [2.05, 4.69) is 0 Å². The van der Waals surface area contributed by atoms with Crippen LogP contribution in [-0.2, 0) is 11.2 Å². The Kier molecular flexibility index (Phi) is 4.36. The molecule has 8 heteroatoms. The van der Waals surface area contributed by atoms with E-state index in [-0.39, 0.29) is 23.0 Å². The van der Waals surface area contributed by atoms with Gasteiger partial charge in [-0.1, -0.05) is 6.92 Å². The van der Waals surface area contributed by atoms with Gasteiger partial charge in [0.25, 0.3) is 0 Å². The Morgan fingerprint density at radius 2 is 2.12 bits per heavy atom. The van der Waals surface area contributed by atoms with Gasteiger partial charge in [0.1, 0.15) is 0 Å². The fourth-order valence-electron chi connectivity index (χ4n) is 3.53. The third-order valence-electron chi connectivity index (χ3n) is 4.55. The van der Waals surface area contributed by atoms with Gasteiger partial charge >= 0.3 is 12.3 Å². The van der Waals surface area contributed by atoms with E-state index in [0.717, 1.165) is 16.2 Å². The Hall–Kier alpha value is -1.57. The van der Waals surface area contributed by atoms with Crippen LogP contribution in [0.1, 0.15) is 57.8 Å². The summed E-state index contributed by atoms with van der Waals surface area (Å²) in [5.41, 5.74) is 0.967. The van der Waals surface area contributed by atoms with E-state index >= 15 is 0 Å². The van der Waals surface area contributed by atoms with Crippen LogP contribution in [0.3, 0.4) is 0 Å². The van der Waals surface area contributed by atoms with Crippen molar-refractivity contribution in [1.82, 2.24) is 4.90 Å². The molecule has 2 heterocycles. The number of alkyl halides is 3. The van der Waals surface area contributed by atoms with E-state index in [9.17, 15) is 22.8 Å². The average molecular weight is 361 g/mol. The average Bonchev–Trinajstić information content (AvgIpc) is 2.95. The molecule has 4 nitrogen and oxygen atoms in total. The smallest absolute Gasteiger partial charge is 0.409 e. The standard InChI is InChI=1S/C16H18F3NO3S/c1-3-23-15(22)20-5-4-11-12(8(2)7-20)13-10(21)6-9(14(13)24-11)16(17,18)19/h8-9H,3-7H2,1-2H3. The molecule has 2 atom stereocenters. The van der Waals surface area contributed by atoms with Gasteiger partial charge in [0, 0.05) is 40.7 Å². The first-order valence-corrected chi connectivity index (χ1v) is 8.72. The molecule has 1 amide bonds. The van der Waals surface area contributed by atoms with Gasteiger partial charge in [-0.25, -0.2) is 4.79 Å². The summed E-state index contributed by atoms with van der Waals surface area (Å²) in [5.74, 6) is -2.30. The Bertz CT molecular complexity index is 683. The van der Waals surface area contributed by atoms with Gasteiger partial charge in [-0.05, 0) is 18.9 Å². The van der Waals surface area contributed by atoms with E-state index in [1.807, 2.05) is 6.92 Å². The Balaban J connectivity index is 1.94. The monoisotopic (exact) mass is 361 g/mol. The van der Waals surface area contributed by atoms with Crippen molar-refractivity contribution in [2.75, 3.05) is 19.7 Å². The number of rotatable bonds is 1. The minimum atomic E-state index is -4.40. The maximum Gasteiger partial charge on any atom is 0.409 e. The van der Waals surface area contributed by atoms with E-state index in [1.165, 1.54) is 0 Å². The van der Waals surface area contributed by atoms with Crippen molar-refractivity contribution in [3.8, 4) is 0 Å². The van der Waals surface area contributed by atoms with Crippen LogP contribution >= 0.6 is 11.3 Å². The number of nitrogens with zero attached hydrogens (tertiary/aromatic N) is 1.